The molecule has 0 saturated heterocycles. The van der Waals surface area contributed by atoms with E-state index in [1.807, 2.05) is 25.4 Å². The topological polar surface area (TPSA) is 42.7 Å². The highest BCUT2D eigenvalue weighted by Crippen LogP contribution is 2.40. The molecule has 4 rings (SSSR count). The van der Waals surface area contributed by atoms with E-state index in [0.717, 1.165) is 28.2 Å². The van der Waals surface area contributed by atoms with Gasteiger partial charge in [-0.1, -0.05) is 0 Å². The van der Waals surface area contributed by atoms with Crippen LogP contribution in [0.2, 0.25) is 0 Å². The Morgan fingerprint density at radius 2 is 1.95 bits per heavy atom. The van der Waals surface area contributed by atoms with Crippen molar-refractivity contribution in [1.82, 2.24) is 14.5 Å². The second-order valence-electron chi connectivity index (χ2n) is 5.21. The zero-order chi connectivity index (χ0) is 13.5. The van der Waals surface area contributed by atoms with E-state index in [-0.39, 0.29) is 0 Å². The fourth-order valence-corrected chi connectivity index (χ4v) is 2.60. The minimum Gasteiger partial charge on any atom is -0.388 e. The van der Waals surface area contributed by atoms with Crippen LogP contribution in [0.25, 0.3) is 22.6 Å². The van der Waals surface area contributed by atoms with Crippen LogP contribution >= 0.6 is 0 Å². The maximum absolute atomic E-state index is 4.78. The summed E-state index contributed by atoms with van der Waals surface area (Å²) in [7, 11) is 1.93. The van der Waals surface area contributed by atoms with Gasteiger partial charge in [0.05, 0.1) is 0 Å². The van der Waals surface area contributed by atoms with E-state index < -0.39 is 0 Å². The van der Waals surface area contributed by atoms with Crippen molar-refractivity contribution in [2.24, 2.45) is 0 Å². The third kappa shape index (κ3) is 1.76. The number of aromatic nitrogens is 3. The molecule has 4 heteroatoms. The molecule has 1 saturated carbocycles. The van der Waals surface area contributed by atoms with Crippen LogP contribution in [0.1, 0.15) is 18.9 Å². The van der Waals surface area contributed by atoms with Crippen LogP contribution in [-0.2, 0) is 0 Å². The number of benzene rings is 1. The first-order valence-electron chi connectivity index (χ1n) is 6.98. The van der Waals surface area contributed by atoms with Crippen molar-refractivity contribution in [3.05, 3.63) is 42.6 Å². The van der Waals surface area contributed by atoms with Crippen molar-refractivity contribution in [2.75, 3.05) is 12.4 Å². The highest BCUT2D eigenvalue weighted by atomic mass is 15.2. The van der Waals surface area contributed by atoms with Crippen LogP contribution < -0.4 is 5.32 Å². The molecule has 20 heavy (non-hydrogen) atoms. The molecule has 0 amide bonds. The maximum Gasteiger partial charge on any atom is 0.160 e. The molecular weight excluding hydrogens is 248 g/mol. The van der Waals surface area contributed by atoms with E-state index in [0.29, 0.717) is 6.04 Å². The van der Waals surface area contributed by atoms with Gasteiger partial charge in [-0.05, 0) is 49.2 Å². The molecule has 0 radical (unpaired) electrons. The number of nitrogens with zero attached hydrogens (tertiary/aromatic N) is 3. The summed E-state index contributed by atoms with van der Waals surface area (Å²) in [6, 6.07) is 12.9. The number of hydrogen-bond acceptors (Lipinski definition) is 3. The Labute approximate surface area is 117 Å². The van der Waals surface area contributed by atoms with Gasteiger partial charge in [0.1, 0.15) is 11.3 Å². The summed E-state index contributed by atoms with van der Waals surface area (Å²) in [4.78, 5) is 9.29. The number of anilines is 1. The van der Waals surface area contributed by atoms with Gasteiger partial charge >= 0.3 is 0 Å². The van der Waals surface area contributed by atoms with Crippen molar-refractivity contribution in [3.8, 4) is 11.4 Å². The predicted octanol–water partition coefficient (Wildman–Crippen LogP) is 3.47. The molecule has 1 aromatic carbocycles. The lowest BCUT2D eigenvalue weighted by Gasteiger charge is -2.07. The lowest BCUT2D eigenvalue weighted by atomic mass is 10.2. The highest BCUT2D eigenvalue weighted by molar-refractivity contribution is 5.77. The first-order valence-corrected chi connectivity index (χ1v) is 6.98. The van der Waals surface area contributed by atoms with Gasteiger partial charge in [0.15, 0.2) is 5.65 Å². The molecule has 2 heterocycles. The molecule has 0 atom stereocenters. The van der Waals surface area contributed by atoms with Crippen LogP contribution in [0.4, 0.5) is 5.69 Å². The van der Waals surface area contributed by atoms with Crippen molar-refractivity contribution in [1.29, 1.82) is 0 Å². The molecule has 0 unspecified atom stereocenters. The quantitative estimate of drug-likeness (QED) is 0.787. The second kappa shape index (κ2) is 4.34. The molecule has 0 bridgehead atoms. The van der Waals surface area contributed by atoms with E-state index in [1.54, 1.807) is 0 Å². The average molecular weight is 264 g/mol. The van der Waals surface area contributed by atoms with Crippen LogP contribution in [0, 0.1) is 0 Å². The lowest BCUT2D eigenvalue weighted by Crippen LogP contribution is -1.98. The summed E-state index contributed by atoms with van der Waals surface area (Å²) >= 11 is 0. The number of nitrogens with one attached hydrogen (secondary N) is 1. The van der Waals surface area contributed by atoms with Crippen molar-refractivity contribution >= 4 is 16.9 Å². The third-order valence-electron chi connectivity index (χ3n) is 3.79. The van der Waals surface area contributed by atoms with Gasteiger partial charge in [0, 0.05) is 30.5 Å². The first-order chi connectivity index (χ1) is 9.86. The van der Waals surface area contributed by atoms with Crippen molar-refractivity contribution in [3.63, 3.8) is 0 Å². The van der Waals surface area contributed by atoms with Gasteiger partial charge in [0.25, 0.3) is 0 Å². The smallest absolute Gasteiger partial charge is 0.160 e. The summed E-state index contributed by atoms with van der Waals surface area (Å²) in [5.74, 6) is 1.03. The number of pyridine rings is 1. The molecule has 0 spiro atoms. The summed E-state index contributed by atoms with van der Waals surface area (Å²) < 4.78 is 2.30. The Morgan fingerprint density at radius 1 is 1.15 bits per heavy atom. The van der Waals surface area contributed by atoms with Gasteiger partial charge in [-0.3, -0.25) is 0 Å². The summed E-state index contributed by atoms with van der Waals surface area (Å²) in [6.45, 7) is 0. The molecule has 1 N–H and O–H groups in total. The summed E-state index contributed by atoms with van der Waals surface area (Å²) in [5.41, 5.74) is 4.24. The largest absolute Gasteiger partial charge is 0.388 e. The molecule has 100 valence electrons. The number of imidazole rings is 1. The molecule has 0 aliphatic heterocycles. The fourth-order valence-electron chi connectivity index (χ4n) is 2.60. The second-order valence-corrected chi connectivity index (χ2v) is 5.21. The normalized spacial score (nSPS) is 14.7. The molecule has 1 aliphatic carbocycles. The zero-order valence-corrected chi connectivity index (χ0v) is 11.4. The van der Waals surface area contributed by atoms with Gasteiger partial charge in [-0.25, -0.2) is 9.97 Å². The molecule has 3 aromatic rings. The van der Waals surface area contributed by atoms with E-state index in [1.165, 1.54) is 12.8 Å². The van der Waals surface area contributed by atoms with Crippen LogP contribution in [-0.4, -0.2) is 21.6 Å². The zero-order valence-electron chi connectivity index (χ0n) is 11.4. The number of hydrogen-bond donors (Lipinski definition) is 1. The van der Waals surface area contributed by atoms with E-state index in [2.05, 4.69) is 39.1 Å². The van der Waals surface area contributed by atoms with Gasteiger partial charge in [0.2, 0.25) is 0 Å². The van der Waals surface area contributed by atoms with Crippen molar-refractivity contribution in [2.45, 2.75) is 18.9 Å². The standard InChI is InChI=1S/C16H16N4/c1-17-12-6-4-11(5-7-12)15-19-14-3-2-10-18-16(14)20(15)13-8-9-13/h2-7,10,13,17H,8-9H2,1H3. The minimum absolute atomic E-state index is 0.564. The van der Waals surface area contributed by atoms with Gasteiger partial charge in [-0.15, -0.1) is 0 Å². The van der Waals surface area contributed by atoms with E-state index in [4.69, 9.17) is 4.98 Å². The molecule has 1 fully saturated rings. The SMILES string of the molecule is CNc1ccc(-c2nc3cccnc3n2C2CC2)cc1. The maximum atomic E-state index is 4.78. The summed E-state index contributed by atoms with van der Waals surface area (Å²) in [6.07, 6.45) is 4.30. The average Bonchev–Trinajstić information content (AvgIpc) is 3.27. The minimum atomic E-state index is 0.564. The Hall–Kier alpha value is -2.36. The van der Waals surface area contributed by atoms with E-state index >= 15 is 0 Å². The monoisotopic (exact) mass is 264 g/mol. The highest BCUT2D eigenvalue weighted by Gasteiger charge is 2.29. The third-order valence-corrected chi connectivity index (χ3v) is 3.79. The van der Waals surface area contributed by atoms with Crippen LogP contribution in [0.5, 0.6) is 0 Å². The predicted molar refractivity (Wildman–Crippen MR) is 80.8 cm³/mol. The fraction of sp³-hybridized carbons (Fsp3) is 0.250. The Bertz CT molecular complexity index is 754. The molecule has 2 aromatic heterocycles. The van der Waals surface area contributed by atoms with Gasteiger partial charge < -0.3 is 9.88 Å². The molecule has 1 aliphatic rings. The first kappa shape index (κ1) is 11.5. The molecule has 4 nitrogen and oxygen atoms in total. The van der Waals surface area contributed by atoms with Crippen LogP contribution in [0.15, 0.2) is 42.6 Å². The Balaban J connectivity index is 1.91. The number of rotatable bonds is 3. The Morgan fingerprint density at radius 3 is 2.65 bits per heavy atom. The lowest BCUT2D eigenvalue weighted by molar-refractivity contribution is 0.766. The van der Waals surface area contributed by atoms with E-state index in [9.17, 15) is 0 Å². The molecular formula is C16H16N4. The van der Waals surface area contributed by atoms with Gasteiger partial charge in [-0.2, -0.15) is 0 Å². The number of fused-ring (bicyclic) bond motifs is 1. The Kier molecular flexibility index (Phi) is 2.49. The van der Waals surface area contributed by atoms with Crippen molar-refractivity contribution < 1.29 is 0 Å². The summed E-state index contributed by atoms with van der Waals surface area (Å²) in [5, 5.41) is 3.14. The van der Waals surface area contributed by atoms with Crippen LogP contribution in [0.3, 0.4) is 0 Å².